The van der Waals surface area contributed by atoms with Crippen molar-refractivity contribution in [2.45, 2.75) is 25.7 Å². The summed E-state index contributed by atoms with van der Waals surface area (Å²) in [7, 11) is -3.11. The van der Waals surface area contributed by atoms with Crippen LogP contribution in [0.1, 0.15) is 25.0 Å². The molecule has 0 atom stereocenters. The lowest BCUT2D eigenvalue weighted by atomic mass is 9.92. The molecule has 0 bridgehead atoms. The molecule has 4 aromatic rings. The van der Waals surface area contributed by atoms with Crippen molar-refractivity contribution in [2.24, 2.45) is 5.92 Å². The smallest absolute Gasteiger partial charge is 0.211 e. The molecule has 0 aliphatic carbocycles. The number of nitrogens with two attached hydrogens (primary N) is 1. The number of piperidine rings is 1. The van der Waals surface area contributed by atoms with Crippen molar-refractivity contribution in [1.29, 1.82) is 0 Å². The first kappa shape index (κ1) is 22.2. The second-order valence-electron chi connectivity index (χ2n) is 8.61. The highest BCUT2D eigenvalue weighted by Gasteiger charge is 2.25. The minimum atomic E-state index is -3.11. The van der Waals surface area contributed by atoms with E-state index in [9.17, 15) is 8.42 Å². The molecule has 1 aromatic carbocycles. The van der Waals surface area contributed by atoms with E-state index in [0.29, 0.717) is 30.5 Å². The number of aromatic nitrogens is 4. The van der Waals surface area contributed by atoms with Gasteiger partial charge in [-0.3, -0.25) is 4.98 Å². The highest BCUT2D eigenvalue weighted by molar-refractivity contribution is 9.10. The van der Waals surface area contributed by atoms with Crippen LogP contribution >= 0.6 is 15.9 Å². The Morgan fingerprint density at radius 2 is 1.94 bits per heavy atom. The number of rotatable bonds is 5. The molecule has 5 rings (SSSR count). The Balaban J connectivity index is 1.41. The predicted molar refractivity (Wildman–Crippen MR) is 133 cm³/mol. The molecule has 0 saturated carbocycles. The van der Waals surface area contributed by atoms with E-state index in [0.717, 1.165) is 57.9 Å². The highest BCUT2D eigenvalue weighted by Crippen LogP contribution is 2.32. The molecule has 3 aromatic heterocycles. The molecule has 10 heteroatoms. The van der Waals surface area contributed by atoms with E-state index >= 15 is 0 Å². The summed E-state index contributed by atoms with van der Waals surface area (Å²) in [4.78, 5) is 9.51. The quantitative estimate of drug-likeness (QED) is 0.421. The summed E-state index contributed by atoms with van der Waals surface area (Å²) in [6.07, 6.45) is 8.31. The van der Waals surface area contributed by atoms with Gasteiger partial charge in [-0.1, -0.05) is 18.2 Å². The first-order valence-electron chi connectivity index (χ1n) is 10.9. The van der Waals surface area contributed by atoms with Gasteiger partial charge in [0.1, 0.15) is 5.82 Å². The molecular weight excluding hydrogens is 504 g/mol. The summed E-state index contributed by atoms with van der Waals surface area (Å²) < 4.78 is 27.5. The third-order valence-electron chi connectivity index (χ3n) is 6.42. The van der Waals surface area contributed by atoms with Crippen LogP contribution in [0.25, 0.3) is 27.7 Å². The lowest BCUT2D eigenvalue weighted by Gasteiger charge is -2.30. The fourth-order valence-electron chi connectivity index (χ4n) is 4.50. The third-order valence-corrected chi connectivity index (χ3v) is 8.59. The van der Waals surface area contributed by atoms with E-state index in [1.54, 1.807) is 15.0 Å². The van der Waals surface area contributed by atoms with Crippen LogP contribution < -0.4 is 5.73 Å². The largest absolute Gasteiger partial charge is 0.383 e. The molecule has 1 saturated heterocycles. The average Bonchev–Trinajstić information content (AvgIpc) is 3.24. The molecule has 33 heavy (non-hydrogen) atoms. The molecule has 1 aliphatic heterocycles. The number of anilines is 1. The topological polar surface area (TPSA) is 106 Å². The molecule has 172 valence electrons. The third kappa shape index (κ3) is 4.34. The summed E-state index contributed by atoms with van der Waals surface area (Å²) in [6.45, 7) is 1.17. The van der Waals surface area contributed by atoms with Gasteiger partial charge in [-0.05, 0) is 59.7 Å². The molecule has 0 amide bonds. The van der Waals surface area contributed by atoms with Gasteiger partial charge in [0.25, 0.3) is 0 Å². The van der Waals surface area contributed by atoms with Crippen LogP contribution in [0.3, 0.4) is 0 Å². The number of sulfonamides is 1. The van der Waals surface area contributed by atoms with E-state index in [-0.39, 0.29) is 0 Å². The first-order chi connectivity index (χ1) is 15.8. The maximum atomic E-state index is 11.8. The van der Waals surface area contributed by atoms with E-state index < -0.39 is 10.0 Å². The van der Waals surface area contributed by atoms with Crippen molar-refractivity contribution < 1.29 is 8.42 Å². The van der Waals surface area contributed by atoms with Gasteiger partial charge in [-0.2, -0.15) is 9.61 Å². The Kier molecular flexibility index (Phi) is 5.84. The molecule has 8 nitrogen and oxygen atoms in total. The number of hydrogen-bond acceptors (Lipinski definition) is 6. The zero-order chi connectivity index (χ0) is 23.2. The monoisotopic (exact) mass is 528 g/mol. The fourth-order valence-corrected chi connectivity index (χ4v) is 5.83. The summed E-state index contributed by atoms with van der Waals surface area (Å²) >= 11 is 3.61. The number of nitrogen functional groups attached to an aromatic ring is 1. The zero-order valence-electron chi connectivity index (χ0n) is 18.3. The summed E-state index contributed by atoms with van der Waals surface area (Å²) in [6, 6.07) is 10.1. The Hall–Kier alpha value is -2.56. The number of fused-ring (bicyclic) bond motifs is 2. The Bertz CT molecular complexity index is 1440. The minimum absolute atomic E-state index is 0.461. The van der Waals surface area contributed by atoms with Crippen LogP contribution in [0.2, 0.25) is 0 Å². The molecule has 0 unspecified atom stereocenters. The SMILES string of the molecule is CS(=O)(=O)N1CCC(CCc2nc3c(-c4cnc5ccccc5c4)cnn3c(N)c2Br)CC1. The van der Waals surface area contributed by atoms with Gasteiger partial charge in [-0.25, -0.2) is 17.7 Å². The number of benzene rings is 1. The van der Waals surface area contributed by atoms with Gasteiger partial charge in [0, 0.05) is 35.8 Å². The molecule has 0 radical (unpaired) electrons. The van der Waals surface area contributed by atoms with Crippen LogP contribution in [0.15, 0.2) is 47.2 Å². The molecule has 1 fully saturated rings. The Morgan fingerprint density at radius 1 is 1.18 bits per heavy atom. The summed E-state index contributed by atoms with van der Waals surface area (Å²) in [5.41, 5.74) is 10.8. The number of pyridine rings is 1. The van der Waals surface area contributed by atoms with Gasteiger partial charge in [-0.15, -0.1) is 0 Å². The number of para-hydroxylation sites is 1. The van der Waals surface area contributed by atoms with E-state index in [2.05, 4.69) is 32.1 Å². The maximum absolute atomic E-state index is 11.8. The predicted octanol–water partition coefficient (Wildman–Crippen LogP) is 3.89. The molecular formula is C23H25BrN6O2S. The zero-order valence-corrected chi connectivity index (χ0v) is 20.7. The first-order valence-corrected chi connectivity index (χ1v) is 13.6. The van der Waals surface area contributed by atoms with Crippen LogP contribution in [-0.4, -0.2) is 51.7 Å². The van der Waals surface area contributed by atoms with Gasteiger partial charge in [0.05, 0.1) is 28.1 Å². The van der Waals surface area contributed by atoms with E-state index in [4.69, 9.17) is 10.7 Å². The molecule has 0 spiro atoms. The standard InChI is InChI=1S/C23H25BrN6O2S/c1-33(31,32)29-10-8-15(9-11-29)6-7-20-21(24)22(25)30-23(28-20)18(14-27-30)17-12-16-4-2-3-5-19(16)26-13-17/h2-5,12-15H,6-11,25H2,1H3. The normalized spacial score (nSPS) is 16.1. The van der Waals surface area contributed by atoms with Crippen molar-refractivity contribution in [1.82, 2.24) is 23.9 Å². The Labute approximate surface area is 201 Å². The van der Waals surface area contributed by atoms with Crippen molar-refractivity contribution >= 4 is 48.3 Å². The number of hydrogen-bond donors (Lipinski definition) is 1. The lowest BCUT2D eigenvalue weighted by Crippen LogP contribution is -2.37. The van der Waals surface area contributed by atoms with Crippen molar-refractivity contribution in [3.63, 3.8) is 0 Å². The van der Waals surface area contributed by atoms with E-state index in [1.807, 2.05) is 30.5 Å². The molecule has 4 heterocycles. The minimum Gasteiger partial charge on any atom is -0.383 e. The highest BCUT2D eigenvalue weighted by atomic mass is 79.9. The van der Waals surface area contributed by atoms with E-state index in [1.165, 1.54) is 6.26 Å². The van der Waals surface area contributed by atoms with Crippen molar-refractivity contribution in [3.8, 4) is 11.1 Å². The second kappa shape index (κ2) is 8.66. The summed E-state index contributed by atoms with van der Waals surface area (Å²) in [5, 5.41) is 5.52. The number of halogens is 1. The Morgan fingerprint density at radius 3 is 2.70 bits per heavy atom. The fraction of sp³-hybridized carbons (Fsp3) is 0.348. The van der Waals surface area contributed by atoms with Crippen molar-refractivity contribution in [3.05, 3.63) is 52.9 Å². The molecule has 2 N–H and O–H groups in total. The second-order valence-corrected chi connectivity index (χ2v) is 11.4. The summed E-state index contributed by atoms with van der Waals surface area (Å²) in [5.74, 6) is 0.977. The maximum Gasteiger partial charge on any atom is 0.211 e. The van der Waals surface area contributed by atoms with Gasteiger partial charge >= 0.3 is 0 Å². The van der Waals surface area contributed by atoms with Crippen LogP contribution in [0.4, 0.5) is 5.82 Å². The van der Waals surface area contributed by atoms with Crippen LogP contribution in [0.5, 0.6) is 0 Å². The van der Waals surface area contributed by atoms with Gasteiger partial charge in [0.15, 0.2) is 5.65 Å². The lowest BCUT2D eigenvalue weighted by molar-refractivity contribution is 0.264. The number of nitrogens with zero attached hydrogens (tertiary/aromatic N) is 5. The van der Waals surface area contributed by atoms with Gasteiger partial charge < -0.3 is 5.73 Å². The van der Waals surface area contributed by atoms with Gasteiger partial charge in [0.2, 0.25) is 10.0 Å². The number of aryl methyl sites for hydroxylation is 1. The van der Waals surface area contributed by atoms with Crippen molar-refractivity contribution in [2.75, 3.05) is 25.1 Å². The average molecular weight is 529 g/mol. The van der Waals surface area contributed by atoms with Crippen LogP contribution in [0, 0.1) is 5.92 Å². The van der Waals surface area contributed by atoms with Crippen LogP contribution in [-0.2, 0) is 16.4 Å². The molecule has 1 aliphatic rings.